The number of nitrogens with two attached hydrogens (primary N) is 2. The van der Waals surface area contributed by atoms with Crippen molar-refractivity contribution in [2.75, 3.05) is 13.7 Å². The standard InChI is InChI=1S/C20H38N6O/c1-7-10-11-20(27-6)25-14-17(18(9-3)24-25)19(12-21)26(22)16(5)13-23-15(4)8-2/h8,12,14,16,20,23H,7,9-11,13,21-22H2,1-6H3/b15-8+,19-12-. The second-order valence-corrected chi connectivity index (χ2v) is 6.82. The largest absolute Gasteiger partial charge is 0.403 e. The highest BCUT2D eigenvalue weighted by atomic mass is 16.5. The first-order chi connectivity index (χ1) is 12.9. The summed E-state index contributed by atoms with van der Waals surface area (Å²) in [6, 6.07) is 0.0565. The Morgan fingerprint density at radius 3 is 2.67 bits per heavy atom. The highest BCUT2D eigenvalue weighted by Crippen LogP contribution is 2.25. The summed E-state index contributed by atoms with van der Waals surface area (Å²) in [4.78, 5) is 0. The summed E-state index contributed by atoms with van der Waals surface area (Å²) >= 11 is 0. The van der Waals surface area contributed by atoms with Gasteiger partial charge in [0.2, 0.25) is 0 Å². The third-order valence-corrected chi connectivity index (χ3v) is 4.81. The first-order valence-corrected chi connectivity index (χ1v) is 9.87. The van der Waals surface area contributed by atoms with E-state index in [-0.39, 0.29) is 12.3 Å². The third kappa shape index (κ3) is 6.29. The highest BCUT2D eigenvalue weighted by molar-refractivity contribution is 5.65. The molecule has 0 aliphatic rings. The van der Waals surface area contributed by atoms with E-state index in [4.69, 9.17) is 21.4 Å². The lowest BCUT2D eigenvalue weighted by Gasteiger charge is -2.29. The Morgan fingerprint density at radius 1 is 1.44 bits per heavy atom. The molecule has 0 aromatic carbocycles. The van der Waals surface area contributed by atoms with Crippen LogP contribution in [0.1, 0.15) is 71.4 Å². The molecule has 0 fully saturated rings. The predicted molar refractivity (Wildman–Crippen MR) is 112 cm³/mol. The van der Waals surface area contributed by atoms with E-state index in [0.29, 0.717) is 0 Å². The number of rotatable bonds is 12. The molecule has 0 aliphatic heterocycles. The lowest BCUT2D eigenvalue weighted by molar-refractivity contribution is 0.0249. The number of unbranched alkanes of at least 4 members (excludes halogenated alkanes) is 1. The molecule has 154 valence electrons. The number of aryl methyl sites for hydroxylation is 1. The van der Waals surface area contributed by atoms with E-state index in [1.54, 1.807) is 18.3 Å². The minimum Gasteiger partial charge on any atom is -0.403 e. The average molecular weight is 379 g/mol. The third-order valence-electron chi connectivity index (χ3n) is 4.81. The zero-order valence-corrected chi connectivity index (χ0v) is 17.8. The summed E-state index contributed by atoms with van der Waals surface area (Å²) in [7, 11) is 1.72. The molecular weight excluding hydrogens is 340 g/mol. The van der Waals surface area contributed by atoms with Crippen LogP contribution in [0, 0.1) is 0 Å². The first-order valence-electron chi connectivity index (χ1n) is 9.87. The van der Waals surface area contributed by atoms with Gasteiger partial charge in [0, 0.05) is 37.3 Å². The van der Waals surface area contributed by atoms with Gasteiger partial charge in [-0.15, -0.1) is 0 Å². The molecule has 27 heavy (non-hydrogen) atoms. The van der Waals surface area contributed by atoms with E-state index >= 15 is 0 Å². The van der Waals surface area contributed by atoms with Gasteiger partial charge in [-0.2, -0.15) is 5.10 Å². The van der Waals surface area contributed by atoms with Crippen molar-refractivity contribution < 1.29 is 4.74 Å². The number of hydrogen-bond donors (Lipinski definition) is 3. The van der Waals surface area contributed by atoms with Crippen LogP contribution >= 0.6 is 0 Å². The maximum Gasteiger partial charge on any atom is 0.149 e. The Kier molecular flexibility index (Phi) is 9.96. The van der Waals surface area contributed by atoms with Crippen LogP contribution in [0.5, 0.6) is 0 Å². The minimum atomic E-state index is -0.0781. The van der Waals surface area contributed by atoms with Crippen molar-refractivity contribution in [2.45, 2.75) is 72.6 Å². The van der Waals surface area contributed by atoms with E-state index in [0.717, 1.165) is 54.9 Å². The number of allylic oxidation sites excluding steroid dienone is 2. The van der Waals surface area contributed by atoms with Crippen molar-refractivity contribution in [3.8, 4) is 0 Å². The number of aromatic nitrogens is 2. The van der Waals surface area contributed by atoms with Gasteiger partial charge in [-0.25, -0.2) is 10.5 Å². The van der Waals surface area contributed by atoms with Crippen LogP contribution < -0.4 is 16.9 Å². The average Bonchev–Trinajstić information content (AvgIpc) is 3.10. The molecule has 0 aliphatic carbocycles. The SMILES string of the molecule is C/C=C(\C)NCC(C)N(N)/C(=C\N)c1cn(C(CCCC)OC)nc1CC. The highest BCUT2D eigenvalue weighted by Gasteiger charge is 2.21. The normalized spacial score (nSPS) is 14.9. The fourth-order valence-corrected chi connectivity index (χ4v) is 2.85. The summed E-state index contributed by atoms with van der Waals surface area (Å²) in [6.07, 6.45) is 9.45. The molecule has 1 rings (SSSR count). The summed E-state index contributed by atoms with van der Waals surface area (Å²) < 4.78 is 7.54. The monoisotopic (exact) mass is 378 g/mol. The fraction of sp³-hybridized carbons (Fsp3) is 0.650. The molecule has 1 aromatic rings. The van der Waals surface area contributed by atoms with Crippen molar-refractivity contribution in [1.29, 1.82) is 0 Å². The van der Waals surface area contributed by atoms with Crippen LogP contribution in [0.2, 0.25) is 0 Å². The van der Waals surface area contributed by atoms with Gasteiger partial charge in [0.15, 0.2) is 0 Å². The Bertz CT molecular complexity index is 622. The number of methoxy groups -OCH3 is 1. The van der Waals surface area contributed by atoms with Crippen molar-refractivity contribution in [1.82, 2.24) is 20.1 Å². The minimum absolute atomic E-state index is 0.0565. The lowest BCUT2D eigenvalue weighted by atomic mass is 10.1. The van der Waals surface area contributed by atoms with Crippen molar-refractivity contribution >= 4 is 5.70 Å². The van der Waals surface area contributed by atoms with Gasteiger partial charge >= 0.3 is 0 Å². The van der Waals surface area contributed by atoms with E-state index in [2.05, 4.69) is 26.1 Å². The van der Waals surface area contributed by atoms with Gasteiger partial charge in [-0.3, -0.25) is 0 Å². The second kappa shape index (κ2) is 11.7. The Morgan fingerprint density at radius 2 is 2.15 bits per heavy atom. The number of ether oxygens (including phenoxy) is 1. The van der Waals surface area contributed by atoms with Gasteiger partial charge in [-0.1, -0.05) is 26.3 Å². The van der Waals surface area contributed by atoms with Crippen LogP contribution in [-0.2, 0) is 11.2 Å². The zero-order chi connectivity index (χ0) is 20.4. The van der Waals surface area contributed by atoms with E-state index < -0.39 is 0 Å². The zero-order valence-electron chi connectivity index (χ0n) is 17.8. The molecule has 0 saturated heterocycles. The molecule has 2 unspecified atom stereocenters. The van der Waals surface area contributed by atoms with Crippen molar-refractivity contribution in [3.63, 3.8) is 0 Å². The van der Waals surface area contributed by atoms with Crippen LogP contribution in [0.4, 0.5) is 0 Å². The quantitative estimate of drug-likeness (QED) is 0.382. The smallest absolute Gasteiger partial charge is 0.149 e. The Labute approximate surface area is 164 Å². The van der Waals surface area contributed by atoms with Gasteiger partial charge in [0.1, 0.15) is 6.23 Å². The molecule has 1 heterocycles. The molecule has 0 saturated carbocycles. The van der Waals surface area contributed by atoms with E-state index in [1.807, 2.05) is 30.8 Å². The number of hydrazine groups is 1. The molecule has 0 amide bonds. The number of hydrogen-bond acceptors (Lipinski definition) is 6. The van der Waals surface area contributed by atoms with Gasteiger partial charge < -0.3 is 20.8 Å². The van der Waals surface area contributed by atoms with Crippen molar-refractivity contribution in [3.05, 3.63) is 35.4 Å². The van der Waals surface area contributed by atoms with Gasteiger partial charge in [0.05, 0.1) is 17.4 Å². The van der Waals surface area contributed by atoms with Crippen LogP contribution in [-0.4, -0.2) is 34.5 Å². The Balaban J connectivity index is 3.05. The van der Waals surface area contributed by atoms with E-state index in [1.165, 1.54) is 0 Å². The molecule has 7 nitrogen and oxygen atoms in total. The number of nitrogens with zero attached hydrogens (tertiary/aromatic N) is 3. The maximum atomic E-state index is 6.41. The van der Waals surface area contributed by atoms with Gasteiger partial charge in [-0.05, 0) is 40.0 Å². The molecule has 0 bridgehead atoms. The van der Waals surface area contributed by atoms with Crippen LogP contribution in [0.3, 0.4) is 0 Å². The van der Waals surface area contributed by atoms with Crippen LogP contribution in [0.25, 0.3) is 5.70 Å². The molecule has 0 spiro atoms. The fourth-order valence-electron chi connectivity index (χ4n) is 2.85. The van der Waals surface area contributed by atoms with Gasteiger partial charge in [0.25, 0.3) is 0 Å². The summed E-state index contributed by atoms with van der Waals surface area (Å²) in [6.45, 7) is 11.1. The molecule has 5 N–H and O–H groups in total. The maximum absolute atomic E-state index is 6.41. The second-order valence-electron chi connectivity index (χ2n) is 6.82. The molecular formula is C20H38N6O. The topological polar surface area (TPSA) is 94.4 Å². The molecule has 7 heteroatoms. The summed E-state index contributed by atoms with van der Waals surface area (Å²) in [5.41, 5.74) is 9.78. The Hall–Kier alpha value is -1.99. The van der Waals surface area contributed by atoms with Crippen molar-refractivity contribution in [2.24, 2.45) is 11.6 Å². The molecule has 2 atom stereocenters. The lowest BCUT2D eigenvalue weighted by Crippen LogP contribution is -2.43. The molecule has 1 aromatic heterocycles. The van der Waals surface area contributed by atoms with E-state index in [9.17, 15) is 0 Å². The molecule has 0 radical (unpaired) electrons. The predicted octanol–water partition coefficient (Wildman–Crippen LogP) is 3.12. The number of nitrogens with one attached hydrogen (secondary N) is 1. The first kappa shape index (κ1) is 23.0. The van der Waals surface area contributed by atoms with Crippen LogP contribution in [0.15, 0.2) is 24.2 Å². The summed E-state index contributed by atoms with van der Waals surface area (Å²) in [5, 5.41) is 9.81. The summed E-state index contributed by atoms with van der Waals surface area (Å²) in [5.74, 6) is 6.41.